The van der Waals surface area contributed by atoms with Gasteiger partial charge in [-0.3, -0.25) is 0 Å². The van der Waals surface area contributed by atoms with Gasteiger partial charge in [-0.1, -0.05) is 43.3 Å². The van der Waals surface area contributed by atoms with Gasteiger partial charge >= 0.3 is 0 Å². The van der Waals surface area contributed by atoms with Crippen molar-refractivity contribution in [2.24, 2.45) is 0 Å². The van der Waals surface area contributed by atoms with Crippen LogP contribution in [0.2, 0.25) is 0 Å². The molecule has 108 valence electrons. The van der Waals surface area contributed by atoms with Crippen LogP contribution < -0.4 is 5.32 Å². The second-order valence-corrected chi connectivity index (χ2v) is 5.54. The lowest BCUT2D eigenvalue weighted by molar-refractivity contribution is 0.812. The van der Waals surface area contributed by atoms with Crippen molar-refractivity contribution < 1.29 is 0 Å². The topological polar surface area (TPSA) is 17.0 Å². The number of rotatable bonds is 5. The Morgan fingerprint density at radius 1 is 0.905 bits per heavy atom. The molecule has 2 aromatic carbocycles. The molecule has 0 atom stereocenters. The number of hydrogen-bond donors (Lipinski definition) is 1. The molecule has 0 aliphatic carbocycles. The van der Waals surface area contributed by atoms with Gasteiger partial charge in [0, 0.05) is 24.8 Å². The van der Waals surface area contributed by atoms with Crippen LogP contribution in [0.4, 0.5) is 0 Å². The molecule has 0 amide bonds. The van der Waals surface area contributed by atoms with Gasteiger partial charge in [0.1, 0.15) is 0 Å². The predicted molar refractivity (Wildman–Crippen MR) is 89.6 cm³/mol. The lowest BCUT2D eigenvalue weighted by Gasteiger charge is -2.08. The maximum Gasteiger partial charge on any atom is 0.0486 e. The lowest BCUT2D eigenvalue weighted by atomic mass is 10.1. The fraction of sp³-hybridized carbons (Fsp3) is 0.263. The molecule has 1 N–H and O–H groups in total. The summed E-state index contributed by atoms with van der Waals surface area (Å²) >= 11 is 0. The van der Waals surface area contributed by atoms with E-state index in [-0.39, 0.29) is 0 Å². The van der Waals surface area contributed by atoms with Gasteiger partial charge in [-0.05, 0) is 47.7 Å². The molecule has 0 radical (unpaired) electrons. The highest BCUT2D eigenvalue weighted by Crippen LogP contribution is 2.19. The standard InChI is InChI=1S/C19H22N2/c1-3-15-4-6-16(7-5-15)14-21-11-10-18-9-8-17(13-20-2)12-19(18)21/h4-12,20H,3,13-14H2,1-2H3. The Hall–Kier alpha value is -2.06. The van der Waals surface area contributed by atoms with Crippen LogP contribution in [0.1, 0.15) is 23.6 Å². The minimum absolute atomic E-state index is 0.909. The lowest BCUT2D eigenvalue weighted by Crippen LogP contribution is -2.05. The Morgan fingerprint density at radius 2 is 1.62 bits per heavy atom. The molecule has 0 bridgehead atoms. The summed E-state index contributed by atoms with van der Waals surface area (Å²) in [4.78, 5) is 0. The first-order valence-corrected chi connectivity index (χ1v) is 7.60. The Bertz CT molecular complexity index is 723. The molecule has 0 saturated carbocycles. The van der Waals surface area contributed by atoms with Crippen molar-refractivity contribution in [3.05, 3.63) is 71.4 Å². The van der Waals surface area contributed by atoms with E-state index in [2.05, 4.69) is 71.5 Å². The first-order chi connectivity index (χ1) is 10.3. The van der Waals surface area contributed by atoms with E-state index in [1.54, 1.807) is 0 Å². The minimum Gasteiger partial charge on any atom is -0.343 e. The molecule has 2 nitrogen and oxygen atoms in total. The van der Waals surface area contributed by atoms with Crippen molar-refractivity contribution in [3.63, 3.8) is 0 Å². The number of benzene rings is 2. The maximum absolute atomic E-state index is 3.21. The van der Waals surface area contributed by atoms with Gasteiger partial charge in [-0.2, -0.15) is 0 Å². The molecule has 3 rings (SSSR count). The summed E-state index contributed by atoms with van der Waals surface area (Å²) in [5.74, 6) is 0. The third-order valence-corrected chi connectivity index (χ3v) is 4.00. The van der Waals surface area contributed by atoms with Crippen LogP contribution in [0.25, 0.3) is 10.9 Å². The molecule has 1 aromatic heterocycles. The molecule has 0 unspecified atom stereocenters. The van der Waals surface area contributed by atoms with Crippen molar-refractivity contribution >= 4 is 10.9 Å². The molecule has 0 saturated heterocycles. The molecule has 0 aliphatic rings. The largest absolute Gasteiger partial charge is 0.343 e. The first-order valence-electron chi connectivity index (χ1n) is 7.60. The highest BCUT2D eigenvalue weighted by molar-refractivity contribution is 5.81. The van der Waals surface area contributed by atoms with Gasteiger partial charge in [0.25, 0.3) is 0 Å². The molecule has 0 aliphatic heterocycles. The summed E-state index contributed by atoms with van der Waals surface area (Å²) in [6.45, 7) is 4.03. The van der Waals surface area contributed by atoms with Gasteiger partial charge in [-0.25, -0.2) is 0 Å². The van der Waals surface area contributed by atoms with Crippen LogP contribution in [0.5, 0.6) is 0 Å². The molecular weight excluding hydrogens is 256 g/mol. The van der Waals surface area contributed by atoms with E-state index < -0.39 is 0 Å². The summed E-state index contributed by atoms with van der Waals surface area (Å²) in [5.41, 5.74) is 5.38. The third-order valence-electron chi connectivity index (χ3n) is 4.00. The van der Waals surface area contributed by atoms with E-state index >= 15 is 0 Å². The van der Waals surface area contributed by atoms with Crippen LogP contribution in [0.15, 0.2) is 54.7 Å². The Labute approximate surface area is 126 Å². The van der Waals surface area contributed by atoms with E-state index in [1.807, 2.05) is 7.05 Å². The van der Waals surface area contributed by atoms with E-state index in [0.29, 0.717) is 0 Å². The zero-order chi connectivity index (χ0) is 14.7. The fourth-order valence-corrected chi connectivity index (χ4v) is 2.76. The molecule has 1 heterocycles. The SMILES string of the molecule is CCc1ccc(Cn2ccc3ccc(CNC)cc32)cc1. The van der Waals surface area contributed by atoms with Crippen LogP contribution in [-0.2, 0) is 19.5 Å². The highest BCUT2D eigenvalue weighted by Gasteiger charge is 2.03. The number of nitrogens with zero attached hydrogens (tertiary/aromatic N) is 1. The van der Waals surface area contributed by atoms with Gasteiger partial charge < -0.3 is 9.88 Å². The van der Waals surface area contributed by atoms with Crippen LogP contribution in [0.3, 0.4) is 0 Å². The van der Waals surface area contributed by atoms with Crippen LogP contribution in [-0.4, -0.2) is 11.6 Å². The quantitative estimate of drug-likeness (QED) is 0.747. The number of aryl methyl sites for hydroxylation is 1. The van der Waals surface area contributed by atoms with E-state index in [9.17, 15) is 0 Å². The summed E-state index contributed by atoms with van der Waals surface area (Å²) in [5, 5.41) is 4.52. The zero-order valence-electron chi connectivity index (χ0n) is 12.8. The maximum atomic E-state index is 3.21. The zero-order valence-corrected chi connectivity index (χ0v) is 12.8. The summed E-state index contributed by atoms with van der Waals surface area (Å²) in [6.07, 6.45) is 3.28. The Kier molecular flexibility index (Phi) is 4.07. The molecule has 3 aromatic rings. The molecule has 2 heteroatoms. The average Bonchev–Trinajstić information content (AvgIpc) is 2.91. The van der Waals surface area contributed by atoms with Crippen LogP contribution in [0, 0.1) is 0 Å². The van der Waals surface area contributed by atoms with Gasteiger partial charge in [-0.15, -0.1) is 0 Å². The molecule has 0 spiro atoms. The molecule has 0 fully saturated rings. The second-order valence-electron chi connectivity index (χ2n) is 5.54. The number of aromatic nitrogens is 1. The molecular formula is C19H22N2. The Morgan fingerprint density at radius 3 is 2.33 bits per heavy atom. The predicted octanol–water partition coefficient (Wildman–Crippen LogP) is 3.97. The van der Waals surface area contributed by atoms with Gasteiger partial charge in [0.15, 0.2) is 0 Å². The van der Waals surface area contributed by atoms with E-state index in [1.165, 1.54) is 27.6 Å². The number of hydrogen-bond acceptors (Lipinski definition) is 1. The summed E-state index contributed by atoms with van der Waals surface area (Å²) in [6, 6.07) is 17.8. The average molecular weight is 278 g/mol. The van der Waals surface area contributed by atoms with Crippen molar-refractivity contribution in [2.75, 3.05) is 7.05 Å². The van der Waals surface area contributed by atoms with Gasteiger partial charge in [0.2, 0.25) is 0 Å². The highest BCUT2D eigenvalue weighted by atomic mass is 14.9. The minimum atomic E-state index is 0.909. The Balaban J connectivity index is 1.90. The fourth-order valence-electron chi connectivity index (χ4n) is 2.76. The van der Waals surface area contributed by atoms with Gasteiger partial charge in [0.05, 0.1) is 0 Å². The monoisotopic (exact) mass is 278 g/mol. The van der Waals surface area contributed by atoms with Crippen molar-refractivity contribution in [3.8, 4) is 0 Å². The smallest absolute Gasteiger partial charge is 0.0486 e. The normalized spacial score (nSPS) is 11.1. The number of nitrogens with one attached hydrogen (secondary N) is 1. The third kappa shape index (κ3) is 3.01. The molecule has 21 heavy (non-hydrogen) atoms. The van der Waals surface area contributed by atoms with Crippen molar-refractivity contribution in [1.29, 1.82) is 0 Å². The second kappa shape index (κ2) is 6.15. The summed E-state index contributed by atoms with van der Waals surface area (Å²) < 4.78 is 2.33. The first kappa shape index (κ1) is 13.9. The van der Waals surface area contributed by atoms with E-state index in [0.717, 1.165) is 19.5 Å². The number of fused-ring (bicyclic) bond motifs is 1. The van der Waals surface area contributed by atoms with E-state index in [4.69, 9.17) is 0 Å². The van der Waals surface area contributed by atoms with Crippen LogP contribution >= 0.6 is 0 Å². The van der Waals surface area contributed by atoms with Crippen molar-refractivity contribution in [2.45, 2.75) is 26.4 Å². The summed E-state index contributed by atoms with van der Waals surface area (Å²) in [7, 11) is 1.98. The van der Waals surface area contributed by atoms with Crippen molar-refractivity contribution in [1.82, 2.24) is 9.88 Å².